The molecule has 0 heterocycles. The summed E-state index contributed by atoms with van der Waals surface area (Å²) in [5.74, 6) is 1.50. The van der Waals surface area contributed by atoms with Crippen LogP contribution in [0, 0.1) is 11.7 Å². The maximum atomic E-state index is 13.9. The van der Waals surface area contributed by atoms with Crippen molar-refractivity contribution in [2.45, 2.75) is 24.1 Å². The van der Waals surface area contributed by atoms with E-state index >= 15 is 0 Å². The predicted molar refractivity (Wildman–Crippen MR) is 68.5 cm³/mol. The van der Waals surface area contributed by atoms with Crippen molar-refractivity contribution in [1.29, 1.82) is 0 Å². The summed E-state index contributed by atoms with van der Waals surface area (Å²) in [5.41, 5.74) is 0.648. The Labute approximate surface area is 109 Å². The zero-order valence-corrected chi connectivity index (χ0v) is 11.6. The van der Waals surface area contributed by atoms with Crippen LogP contribution in [0.25, 0.3) is 0 Å². The van der Waals surface area contributed by atoms with E-state index in [-0.39, 0.29) is 10.6 Å². The van der Waals surface area contributed by atoms with Crippen molar-refractivity contribution in [2.24, 2.45) is 5.92 Å². The Balaban J connectivity index is 2.25. The third kappa shape index (κ3) is 2.92. The van der Waals surface area contributed by atoms with Crippen molar-refractivity contribution in [1.82, 2.24) is 0 Å². The summed E-state index contributed by atoms with van der Waals surface area (Å²) in [6.45, 7) is 0. The molecular weight excluding hydrogens is 287 g/mol. The first kappa shape index (κ1) is 12.7. The maximum Gasteiger partial charge on any atom is 0.163 e. The second kappa shape index (κ2) is 5.25. The van der Waals surface area contributed by atoms with Crippen LogP contribution in [0.15, 0.2) is 12.1 Å². The Morgan fingerprint density at radius 1 is 1.29 bits per heavy atom. The van der Waals surface area contributed by atoms with Gasteiger partial charge >= 0.3 is 0 Å². The van der Waals surface area contributed by atoms with Crippen molar-refractivity contribution in [3.05, 3.63) is 23.5 Å². The Bertz CT molecular complexity index is 405. The molecule has 1 aromatic carbocycles. The zero-order valence-electron chi connectivity index (χ0n) is 10.0. The number of benzene rings is 1. The van der Waals surface area contributed by atoms with Gasteiger partial charge in [0, 0.05) is 16.5 Å². The van der Waals surface area contributed by atoms with E-state index in [1.165, 1.54) is 26.0 Å². The van der Waals surface area contributed by atoms with E-state index in [0.717, 1.165) is 12.3 Å². The van der Waals surface area contributed by atoms with Gasteiger partial charge in [0.2, 0.25) is 0 Å². The van der Waals surface area contributed by atoms with Crippen molar-refractivity contribution in [3.8, 4) is 11.5 Å². The standard InChI is InChI=1S/C13H16BrFO2/c1-16-12-6-9(10(14)5-8-3-4-8)11(15)7-13(12)17-2/h6-8,10H,3-5H2,1-2H3. The first-order valence-electron chi connectivity index (χ1n) is 5.71. The molecule has 1 unspecified atom stereocenters. The van der Waals surface area contributed by atoms with Gasteiger partial charge < -0.3 is 9.47 Å². The van der Waals surface area contributed by atoms with E-state index < -0.39 is 0 Å². The Morgan fingerprint density at radius 2 is 1.88 bits per heavy atom. The van der Waals surface area contributed by atoms with Gasteiger partial charge in [-0.25, -0.2) is 4.39 Å². The van der Waals surface area contributed by atoms with Gasteiger partial charge in [-0.05, 0) is 18.4 Å². The van der Waals surface area contributed by atoms with Gasteiger partial charge in [-0.3, -0.25) is 0 Å². The first-order valence-corrected chi connectivity index (χ1v) is 6.62. The molecule has 17 heavy (non-hydrogen) atoms. The molecule has 0 aliphatic heterocycles. The molecule has 0 N–H and O–H groups in total. The lowest BCUT2D eigenvalue weighted by Crippen LogP contribution is -1.99. The molecule has 1 saturated carbocycles. The van der Waals surface area contributed by atoms with Gasteiger partial charge in [-0.15, -0.1) is 0 Å². The fourth-order valence-corrected chi connectivity index (χ4v) is 2.76. The highest BCUT2D eigenvalue weighted by Crippen LogP contribution is 2.43. The zero-order chi connectivity index (χ0) is 12.4. The summed E-state index contributed by atoms with van der Waals surface area (Å²) in [4.78, 5) is 0.0507. The van der Waals surface area contributed by atoms with Crippen molar-refractivity contribution < 1.29 is 13.9 Å². The summed E-state index contributed by atoms with van der Waals surface area (Å²) in [5, 5.41) is 0. The topological polar surface area (TPSA) is 18.5 Å². The summed E-state index contributed by atoms with van der Waals surface area (Å²) in [6, 6.07) is 3.10. The van der Waals surface area contributed by atoms with Crippen LogP contribution in [0.3, 0.4) is 0 Å². The van der Waals surface area contributed by atoms with E-state index in [0.29, 0.717) is 17.1 Å². The van der Waals surface area contributed by atoms with Crippen LogP contribution in [0.5, 0.6) is 11.5 Å². The third-order valence-electron chi connectivity index (χ3n) is 3.08. The molecule has 0 radical (unpaired) electrons. The van der Waals surface area contributed by atoms with E-state index in [9.17, 15) is 4.39 Å². The highest BCUT2D eigenvalue weighted by atomic mass is 79.9. The fraction of sp³-hybridized carbons (Fsp3) is 0.538. The molecule has 0 saturated heterocycles. The molecule has 1 aromatic rings. The van der Waals surface area contributed by atoms with Crippen molar-refractivity contribution in [2.75, 3.05) is 14.2 Å². The smallest absolute Gasteiger partial charge is 0.163 e. The first-order chi connectivity index (χ1) is 8.15. The van der Waals surface area contributed by atoms with Crippen LogP contribution in [0.4, 0.5) is 4.39 Å². The minimum Gasteiger partial charge on any atom is -0.493 e. The lowest BCUT2D eigenvalue weighted by molar-refractivity contribution is 0.351. The number of halogens is 2. The third-order valence-corrected chi connectivity index (χ3v) is 3.94. The van der Waals surface area contributed by atoms with Crippen LogP contribution in [-0.2, 0) is 0 Å². The molecule has 1 fully saturated rings. The fourth-order valence-electron chi connectivity index (χ4n) is 1.88. The molecule has 0 bridgehead atoms. The van der Waals surface area contributed by atoms with E-state index in [1.807, 2.05) is 0 Å². The molecule has 4 heteroatoms. The highest BCUT2D eigenvalue weighted by molar-refractivity contribution is 9.09. The minimum atomic E-state index is -0.245. The molecule has 94 valence electrons. The molecule has 2 nitrogen and oxygen atoms in total. The van der Waals surface area contributed by atoms with Crippen molar-refractivity contribution >= 4 is 15.9 Å². The monoisotopic (exact) mass is 302 g/mol. The molecule has 0 aromatic heterocycles. The number of hydrogen-bond donors (Lipinski definition) is 0. The summed E-state index contributed by atoms with van der Waals surface area (Å²) in [7, 11) is 3.07. The molecule has 1 aliphatic rings. The number of ether oxygens (including phenoxy) is 2. The second-order valence-electron chi connectivity index (χ2n) is 4.38. The maximum absolute atomic E-state index is 13.9. The van der Waals surface area contributed by atoms with Gasteiger partial charge in [0.05, 0.1) is 14.2 Å². The molecule has 2 rings (SSSR count). The molecule has 0 amide bonds. The number of rotatable bonds is 5. The van der Waals surface area contributed by atoms with Crippen molar-refractivity contribution in [3.63, 3.8) is 0 Å². The van der Waals surface area contributed by atoms with Gasteiger partial charge in [0.15, 0.2) is 11.5 Å². The Hall–Kier alpha value is -0.770. The normalized spacial score (nSPS) is 16.7. The number of alkyl halides is 1. The largest absolute Gasteiger partial charge is 0.493 e. The lowest BCUT2D eigenvalue weighted by atomic mass is 10.1. The molecule has 0 spiro atoms. The average Bonchev–Trinajstić information content (AvgIpc) is 3.12. The van der Waals surface area contributed by atoms with E-state index in [4.69, 9.17) is 9.47 Å². The molecule has 1 atom stereocenters. The van der Waals surface area contributed by atoms with E-state index in [1.54, 1.807) is 13.2 Å². The van der Waals surface area contributed by atoms with Crippen LogP contribution < -0.4 is 9.47 Å². The van der Waals surface area contributed by atoms with Crippen LogP contribution in [0.1, 0.15) is 29.7 Å². The summed E-state index contributed by atoms with van der Waals surface area (Å²) in [6.07, 6.45) is 3.50. The highest BCUT2D eigenvalue weighted by Gasteiger charge is 2.27. The number of methoxy groups -OCH3 is 2. The SMILES string of the molecule is COc1cc(F)c(C(Br)CC2CC2)cc1OC. The summed E-state index contributed by atoms with van der Waals surface area (Å²) < 4.78 is 24.2. The van der Waals surface area contributed by atoms with Crippen LogP contribution >= 0.6 is 15.9 Å². The van der Waals surface area contributed by atoms with Gasteiger partial charge in [0.25, 0.3) is 0 Å². The second-order valence-corrected chi connectivity index (χ2v) is 5.48. The summed E-state index contributed by atoms with van der Waals surface area (Å²) >= 11 is 3.55. The van der Waals surface area contributed by atoms with Gasteiger partial charge in [-0.1, -0.05) is 28.8 Å². The van der Waals surface area contributed by atoms with Gasteiger partial charge in [0.1, 0.15) is 5.82 Å². The lowest BCUT2D eigenvalue weighted by Gasteiger charge is -2.14. The Morgan fingerprint density at radius 3 is 2.41 bits per heavy atom. The van der Waals surface area contributed by atoms with Crippen LogP contribution in [-0.4, -0.2) is 14.2 Å². The quantitative estimate of drug-likeness (QED) is 0.763. The van der Waals surface area contributed by atoms with Crippen LogP contribution in [0.2, 0.25) is 0 Å². The molecule has 1 aliphatic carbocycles. The predicted octanol–water partition coefficient (Wildman–Crippen LogP) is 4.08. The Kier molecular flexibility index (Phi) is 3.92. The minimum absolute atomic E-state index is 0.0507. The van der Waals surface area contributed by atoms with Gasteiger partial charge in [-0.2, -0.15) is 0 Å². The number of hydrogen-bond acceptors (Lipinski definition) is 2. The molecular formula is C13H16BrFO2. The van der Waals surface area contributed by atoms with E-state index in [2.05, 4.69) is 15.9 Å². The average molecular weight is 303 g/mol.